The molecule has 1 aromatic heterocycles. The summed E-state index contributed by atoms with van der Waals surface area (Å²) >= 11 is 11.8. The lowest BCUT2D eigenvalue weighted by atomic mass is 10.3. The lowest BCUT2D eigenvalue weighted by molar-refractivity contribution is 0.581. The van der Waals surface area contributed by atoms with Crippen LogP contribution in [0.25, 0.3) is 0 Å². The van der Waals surface area contributed by atoms with Crippen LogP contribution in [0, 0.1) is 11.6 Å². The topological polar surface area (TPSA) is 50.9 Å². The molecule has 2 rings (SSSR count). The highest BCUT2D eigenvalue weighted by atomic mass is 35.5. The number of rotatable bonds is 2. The van der Waals surface area contributed by atoms with E-state index in [1.807, 2.05) is 0 Å². The third kappa shape index (κ3) is 2.47. The summed E-state index contributed by atoms with van der Waals surface area (Å²) < 4.78 is 26.4. The van der Waals surface area contributed by atoms with E-state index in [0.29, 0.717) is 6.07 Å². The Labute approximate surface area is 112 Å². The second-order valence-corrected chi connectivity index (χ2v) is 4.22. The molecule has 3 N–H and O–H groups in total. The van der Waals surface area contributed by atoms with Crippen molar-refractivity contribution >= 4 is 40.5 Å². The van der Waals surface area contributed by atoms with Gasteiger partial charge >= 0.3 is 0 Å². The molecule has 0 amide bonds. The van der Waals surface area contributed by atoms with Crippen molar-refractivity contribution in [1.82, 2.24) is 4.98 Å². The van der Waals surface area contributed by atoms with Gasteiger partial charge in [-0.3, -0.25) is 0 Å². The van der Waals surface area contributed by atoms with Gasteiger partial charge < -0.3 is 11.1 Å². The number of hydrogen-bond acceptors (Lipinski definition) is 3. The molecule has 2 aromatic rings. The van der Waals surface area contributed by atoms with Crippen LogP contribution in [0.15, 0.2) is 24.3 Å². The van der Waals surface area contributed by atoms with Gasteiger partial charge in [-0.1, -0.05) is 29.3 Å². The van der Waals surface area contributed by atoms with Crippen molar-refractivity contribution in [1.29, 1.82) is 0 Å². The van der Waals surface area contributed by atoms with Crippen LogP contribution in [-0.2, 0) is 0 Å². The lowest BCUT2D eigenvalue weighted by Gasteiger charge is -2.10. The molecule has 7 heteroatoms. The van der Waals surface area contributed by atoms with Crippen LogP contribution in [-0.4, -0.2) is 4.98 Å². The van der Waals surface area contributed by atoms with Gasteiger partial charge in [-0.15, -0.1) is 0 Å². The molecule has 0 spiro atoms. The maximum atomic E-state index is 13.5. The SMILES string of the molecule is Nc1nc(Nc2c(Cl)cccc2Cl)c(F)cc1F. The smallest absolute Gasteiger partial charge is 0.169 e. The first-order valence-corrected chi connectivity index (χ1v) is 5.57. The molecule has 0 fully saturated rings. The number of anilines is 3. The Bertz CT molecular complexity index is 585. The van der Waals surface area contributed by atoms with Crippen molar-refractivity contribution in [2.45, 2.75) is 0 Å². The minimum Gasteiger partial charge on any atom is -0.381 e. The van der Waals surface area contributed by atoms with E-state index in [2.05, 4.69) is 10.3 Å². The van der Waals surface area contributed by atoms with E-state index in [-0.39, 0.29) is 21.6 Å². The van der Waals surface area contributed by atoms with E-state index >= 15 is 0 Å². The molecule has 0 bridgehead atoms. The van der Waals surface area contributed by atoms with Gasteiger partial charge in [0, 0.05) is 6.07 Å². The first-order chi connectivity index (χ1) is 8.49. The third-order valence-corrected chi connectivity index (χ3v) is 2.79. The molecular formula is C11H7Cl2F2N3. The molecule has 0 unspecified atom stereocenters. The number of hydrogen-bond donors (Lipinski definition) is 2. The molecule has 1 aromatic carbocycles. The monoisotopic (exact) mass is 289 g/mol. The van der Waals surface area contributed by atoms with Gasteiger partial charge in [-0.05, 0) is 12.1 Å². The molecule has 1 heterocycles. The standard InChI is InChI=1S/C11H7Cl2F2N3/c12-5-2-1-3-6(13)9(5)17-11-8(15)4-7(14)10(16)18-11/h1-4H,(H3,16,17,18). The van der Waals surface area contributed by atoms with Crippen molar-refractivity contribution in [3.63, 3.8) is 0 Å². The minimum absolute atomic E-state index is 0.246. The highest BCUT2D eigenvalue weighted by molar-refractivity contribution is 6.39. The quantitative estimate of drug-likeness (QED) is 0.879. The van der Waals surface area contributed by atoms with E-state index in [1.54, 1.807) is 18.2 Å². The van der Waals surface area contributed by atoms with E-state index in [9.17, 15) is 8.78 Å². The molecule has 0 saturated heterocycles. The van der Waals surface area contributed by atoms with Crippen LogP contribution in [0.3, 0.4) is 0 Å². The predicted molar refractivity (Wildman–Crippen MR) is 68.3 cm³/mol. The number of pyridine rings is 1. The zero-order chi connectivity index (χ0) is 13.3. The third-order valence-electron chi connectivity index (χ3n) is 2.16. The number of aromatic nitrogens is 1. The number of nitrogens with one attached hydrogen (secondary N) is 1. The van der Waals surface area contributed by atoms with Crippen molar-refractivity contribution in [2.75, 3.05) is 11.1 Å². The largest absolute Gasteiger partial charge is 0.381 e. The molecule has 0 saturated carbocycles. The van der Waals surface area contributed by atoms with E-state index in [1.165, 1.54) is 0 Å². The summed E-state index contributed by atoms with van der Waals surface area (Å²) in [6, 6.07) is 5.41. The summed E-state index contributed by atoms with van der Waals surface area (Å²) in [5.74, 6) is -2.48. The number of para-hydroxylation sites is 1. The number of nitrogen functional groups attached to an aromatic ring is 1. The number of halogens is 4. The molecule has 0 aliphatic rings. The van der Waals surface area contributed by atoms with Gasteiger partial charge in [0.15, 0.2) is 23.3 Å². The molecule has 0 aliphatic heterocycles. The molecule has 0 radical (unpaired) electrons. The normalized spacial score (nSPS) is 10.4. The Morgan fingerprint density at radius 3 is 2.33 bits per heavy atom. The fourth-order valence-electron chi connectivity index (χ4n) is 1.30. The number of nitrogens with zero attached hydrogens (tertiary/aromatic N) is 1. The van der Waals surface area contributed by atoms with Gasteiger partial charge in [0.1, 0.15) is 0 Å². The summed E-state index contributed by atoms with van der Waals surface area (Å²) in [5, 5.41) is 3.15. The molecule has 18 heavy (non-hydrogen) atoms. The number of benzene rings is 1. The zero-order valence-corrected chi connectivity index (χ0v) is 10.4. The Morgan fingerprint density at radius 1 is 1.11 bits per heavy atom. The maximum Gasteiger partial charge on any atom is 0.169 e. The first-order valence-electron chi connectivity index (χ1n) is 4.81. The minimum atomic E-state index is -0.927. The highest BCUT2D eigenvalue weighted by Crippen LogP contribution is 2.33. The Morgan fingerprint density at radius 2 is 1.72 bits per heavy atom. The molecule has 0 aliphatic carbocycles. The van der Waals surface area contributed by atoms with Gasteiger partial charge in [-0.25, -0.2) is 13.8 Å². The predicted octanol–water partition coefficient (Wildman–Crippen LogP) is 3.99. The second kappa shape index (κ2) is 4.96. The molecular weight excluding hydrogens is 283 g/mol. The lowest BCUT2D eigenvalue weighted by Crippen LogP contribution is -2.03. The van der Waals surface area contributed by atoms with E-state index in [0.717, 1.165) is 0 Å². The second-order valence-electron chi connectivity index (χ2n) is 3.41. The van der Waals surface area contributed by atoms with E-state index < -0.39 is 17.5 Å². The van der Waals surface area contributed by atoms with Crippen molar-refractivity contribution in [3.05, 3.63) is 45.9 Å². The molecule has 94 valence electrons. The van der Waals surface area contributed by atoms with Crippen LogP contribution in [0.1, 0.15) is 0 Å². The van der Waals surface area contributed by atoms with Crippen molar-refractivity contribution < 1.29 is 8.78 Å². The average Bonchev–Trinajstić information content (AvgIpc) is 2.30. The first kappa shape index (κ1) is 12.9. The number of nitrogens with two attached hydrogens (primary N) is 1. The summed E-state index contributed by atoms with van der Waals surface area (Å²) in [7, 11) is 0. The van der Waals surface area contributed by atoms with Crippen LogP contribution in [0.2, 0.25) is 10.0 Å². The Kier molecular flexibility index (Phi) is 3.54. The Balaban J connectivity index is 2.43. The highest BCUT2D eigenvalue weighted by Gasteiger charge is 2.13. The average molecular weight is 290 g/mol. The van der Waals surface area contributed by atoms with Crippen LogP contribution < -0.4 is 11.1 Å². The maximum absolute atomic E-state index is 13.5. The molecule has 0 atom stereocenters. The van der Waals surface area contributed by atoms with Gasteiger partial charge in [0.05, 0.1) is 15.7 Å². The Hall–Kier alpha value is -1.59. The van der Waals surface area contributed by atoms with Crippen LogP contribution >= 0.6 is 23.2 Å². The van der Waals surface area contributed by atoms with Crippen LogP contribution in [0.4, 0.5) is 26.1 Å². The van der Waals surface area contributed by atoms with Crippen molar-refractivity contribution in [2.24, 2.45) is 0 Å². The van der Waals surface area contributed by atoms with Gasteiger partial charge in [0.2, 0.25) is 0 Å². The van der Waals surface area contributed by atoms with E-state index in [4.69, 9.17) is 28.9 Å². The van der Waals surface area contributed by atoms with Gasteiger partial charge in [-0.2, -0.15) is 0 Å². The van der Waals surface area contributed by atoms with Gasteiger partial charge in [0.25, 0.3) is 0 Å². The fourth-order valence-corrected chi connectivity index (χ4v) is 1.80. The summed E-state index contributed by atoms with van der Waals surface area (Å²) in [4.78, 5) is 3.55. The fraction of sp³-hybridized carbons (Fsp3) is 0. The summed E-state index contributed by atoms with van der Waals surface area (Å²) in [5.41, 5.74) is 5.54. The summed E-state index contributed by atoms with van der Waals surface area (Å²) in [6.07, 6.45) is 0. The zero-order valence-electron chi connectivity index (χ0n) is 8.85. The molecule has 3 nitrogen and oxygen atoms in total. The van der Waals surface area contributed by atoms with Crippen molar-refractivity contribution in [3.8, 4) is 0 Å². The summed E-state index contributed by atoms with van der Waals surface area (Å²) in [6.45, 7) is 0. The van der Waals surface area contributed by atoms with Crippen LogP contribution in [0.5, 0.6) is 0 Å².